The second-order valence-electron chi connectivity index (χ2n) is 7.21. The lowest BCUT2D eigenvalue weighted by Crippen LogP contribution is -2.28. The Morgan fingerprint density at radius 3 is 2.42 bits per heavy atom. The molecule has 2 aromatic heterocycles. The third-order valence-electron chi connectivity index (χ3n) is 4.91. The Kier molecular flexibility index (Phi) is 7.33. The Labute approximate surface area is 205 Å². The third-order valence-corrected chi connectivity index (χ3v) is 6.60. The van der Waals surface area contributed by atoms with Crippen LogP contribution in [0.5, 0.6) is 0 Å². The molecule has 0 aliphatic heterocycles. The van der Waals surface area contributed by atoms with Gasteiger partial charge in [-0.25, -0.2) is 9.37 Å². The van der Waals surface area contributed by atoms with E-state index < -0.39 is 0 Å². The van der Waals surface area contributed by atoms with Gasteiger partial charge in [0, 0.05) is 34.7 Å². The zero-order chi connectivity index (χ0) is 23.4. The summed E-state index contributed by atoms with van der Waals surface area (Å²) in [5, 5.41) is 1.68. The Bertz CT molecular complexity index is 1250. The van der Waals surface area contributed by atoms with Crippen LogP contribution in [0, 0.1) is 5.82 Å². The summed E-state index contributed by atoms with van der Waals surface area (Å²) in [5.41, 5.74) is 2.52. The van der Waals surface area contributed by atoms with Crippen LogP contribution < -0.4 is 0 Å². The molecule has 0 radical (unpaired) electrons. The molecule has 0 fully saturated rings. The highest BCUT2D eigenvalue weighted by Crippen LogP contribution is 2.33. The molecule has 1 amide bonds. The van der Waals surface area contributed by atoms with Crippen molar-refractivity contribution in [3.8, 4) is 5.69 Å². The first-order valence-corrected chi connectivity index (χ1v) is 11.7. The quantitative estimate of drug-likeness (QED) is 0.280. The Morgan fingerprint density at radius 1 is 1.03 bits per heavy atom. The van der Waals surface area contributed by atoms with Gasteiger partial charge < -0.3 is 4.90 Å². The molecular weight excluding hydrogens is 482 g/mol. The van der Waals surface area contributed by atoms with Gasteiger partial charge in [0.15, 0.2) is 5.16 Å². The minimum atomic E-state index is -0.365. The number of hydrogen-bond acceptors (Lipinski definition) is 4. The van der Waals surface area contributed by atoms with E-state index in [-0.39, 0.29) is 11.7 Å². The monoisotopic (exact) mass is 500 g/mol. The summed E-state index contributed by atoms with van der Waals surface area (Å²) in [6.45, 7) is 0.339. The fourth-order valence-corrected chi connectivity index (χ4v) is 4.97. The molecule has 0 saturated carbocycles. The highest BCUT2D eigenvalue weighted by Gasteiger charge is 2.22. The summed E-state index contributed by atoms with van der Waals surface area (Å²) in [6.07, 6.45) is 3.21. The van der Waals surface area contributed by atoms with Crippen LogP contribution in [0.3, 0.4) is 0 Å². The van der Waals surface area contributed by atoms with Crippen molar-refractivity contribution < 1.29 is 9.18 Å². The van der Waals surface area contributed by atoms with Crippen LogP contribution in [0.2, 0.25) is 10.0 Å². The summed E-state index contributed by atoms with van der Waals surface area (Å²) in [7, 11) is 1.70. The number of nitrogens with zero attached hydrogens (tertiary/aromatic N) is 4. The zero-order valence-electron chi connectivity index (χ0n) is 17.6. The van der Waals surface area contributed by atoms with E-state index in [1.54, 1.807) is 53.0 Å². The number of hydrogen-bond donors (Lipinski definition) is 0. The van der Waals surface area contributed by atoms with E-state index in [4.69, 9.17) is 23.2 Å². The van der Waals surface area contributed by atoms with Gasteiger partial charge in [-0.2, -0.15) is 0 Å². The van der Waals surface area contributed by atoms with Gasteiger partial charge in [0.2, 0.25) is 0 Å². The lowest BCUT2D eigenvalue weighted by atomic mass is 10.2. The highest BCUT2D eigenvalue weighted by atomic mass is 35.5. The number of halogens is 3. The normalized spacial score (nSPS) is 10.9. The van der Waals surface area contributed by atoms with Crippen molar-refractivity contribution in [1.29, 1.82) is 0 Å². The van der Waals surface area contributed by atoms with E-state index >= 15 is 0 Å². The standard InChI is InChI=1S/C24H19Cl2FN4OS/c1-30(14-17-5-2-3-12-28-17)23(32)22-13-29-24(31(22)18-10-8-16(27)9-11-18)33-15-19-20(25)6-4-7-21(19)26/h2-13H,14-15H2,1H3. The lowest BCUT2D eigenvalue weighted by Gasteiger charge is -2.18. The van der Waals surface area contributed by atoms with Crippen molar-refractivity contribution in [2.24, 2.45) is 0 Å². The van der Waals surface area contributed by atoms with Gasteiger partial charge >= 0.3 is 0 Å². The molecular formula is C24H19Cl2FN4OS. The van der Waals surface area contributed by atoms with Crippen LogP contribution >= 0.6 is 35.0 Å². The van der Waals surface area contributed by atoms with Crippen molar-refractivity contribution in [3.05, 3.63) is 106 Å². The topological polar surface area (TPSA) is 51.0 Å². The number of thioether (sulfide) groups is 1. The van der Waals surface area contributed by atoms with Gasteiger partial charge in [0.05, 0.1) is 18.4 Å². The molecule has 0 aliphatic carbocycles. The maximum atomic E-state index is 13.6. The molecule has 168 valence electrons. The van der Waals surface area contributed by atoms with Gasteiger partial charge in [-0.3, -0.25) is 14.3 Å². The largest absolute Gasteiger partial charge is 0.334 e. The van der Waals surface area contributed by atoms with Crippen molar-refractivity contribution in [2.45, 2.75) is 17.5 Å². The molecule has 0 unspecified atom stereocenters. The second kappa shape index (κ2) is 10.4. The van der Waals surface area contributed by atoms with E-state index in [1.807, 2.05) is 18.2 Å². The first kappa shape index (κ1) is 23.3. The van der Waals surface area contributed by atoms with E-state index in [0.29, 0.717) is 38.9 Å². The average Bonchev–Trinajstić information content (AvgIpc) is 3.23. The predicted octanol–water partition coefficient (Wildman–Crippen LogP) is 6.28. The summed E-state index contributed by atoms with van der Waals surface area (Å²) in [5.74, 6) is -0.148. The highest BCUT2D eigenvalue weighted by molar-refractivity contribution is 7.98. The molecule has 0 bridgehead atoms. The van der Waals surface area contributed by atoms with E-state index in [1.165, 1.54) is 30.1 Å². The van der Waals surface area contributed by atoms with Crippen LogP contribution in [0.15, 0.2) is 78.2 Å². The summed E-state index contributed by atoms with van der Waals surface area (Å²) < 4.78 is 15.3. The molecule has 0 aliphatic rings. The van der Waals surface area contributed by atoms with Gasteiger partial charge in [-0.05, 0) is 54.1 Å². The van der Waals surface area contributed by atoms with Crippen molar-refractivity contribution >= 4 is 40.9 Å². The van der Waals surface area contributed by atoms with Gasteiger partial charge in [-0.1, -0.05) is 47.1 Å². The molecule has 4 rings (SSSR count). The van der Waals surface area contributed by atoms with Gasteiger partial charge in [0.1, 0.15) is 11.5 Å². The lowest BCUT2D eigenvalue weighted by molar-refractivity contribution is 0.0775. The van der Waals surface area contributed by atoms with Crippen molar-refractivity contribution in [1.82, 2.24) is 19.4 Å². The minimum absolute atomic E-state index is 0.236. The van der Waals surface area contributed by atoms with Crippen LogP contribution in [-0.4, -0.2) is 32.4 Å². The first-order valence-electron chi connectivity index (χ1n) is 9.99. The Hall–Kier alpha value is -2.87. The number of pyridine rings is 1. The second-order valence-corrected chi connectivity index (χ2v) is 8.97. The van der Waals surface area contributed by atoms with Crippen LogP contribution in [0.25, 0.3) is 5.69 Å². The zero-order valence-corrected chi connectivity index (χ0v) is 19.9. The first-order chi connectivity index (χ1) is 15.9. The summed E-state index contributed by atoms with van der Waals surface area (Å²) >= 11 is 14.0. The fraction of sp³-hybridized carbons (Fsp3) is 0.125. The van der Waals surface area contributed by atoms with Crippen LogP contribution in [0.4, 0.5) is 4.39 Å². The molecule has 0 saturated heterocycles. The Morgan fingerprint density at radius 2 is 1.76 bits per heavy atom. The fourth-order valence-electron chi connectivity index (χ4n) is 3.24. The SMILES string of the molecule is CN(Cc1ccccn1)C(=O)c1cnc(SCc2c(Cl)cccc2Cl)n1-c1ccc(F)cc1. The number of benzene rings is 2. The van der Waals surface area contributed by atoms with Crippen molar-refractivity contribution in [2.75, 3.05) is 7.05 Å². The van der Waals surface area contributed by atoms with Gasteiger partial charge in [0.25, 0.3) is 5.91 Å². The molecule has 2 aromatic carbocycles. The van der Waals surface area contributed by atoms with E-state index in [9.17, 15) is 9.18 Å². The molecule has 4 aromatic rings. The van der Waals surface area contributed by atoms with Crippen LogP contribution in [-0.2, 0) is 12.3 Å². The summed E-state index contributed by atoms with van der Waals surface area (Å²) in [6, 6.07) is 16.8. The number of carbonyl (C=O) groups is 1. The van der Waals surface area contributed by atoms with E-state index in [0.717, 1.165) is 11.3 Å². The number of imidazole rings is 1. The number of aromatic nitrogens is 3. The molecule has 0 N–H and O–H groups in total. The average molecular weight is 501 g/mol. The molecule has 0 atom stereocenters. The Balaban J connectivity index is 1.66. The van der Waals surface area contributed by atoms with Crippen LogP contribution in [0.1, 0.15) is 21.7 Å². The molecule has 5 nitrogen and oxygen atoms in total. The predicted molar refractivity (Wildman–Crippen MR) is 130 cm³/mol. The minimum Gasteiger partial charge on any atom is -0.334 e. The molecule has 9 heteroatoms. The molecule has 33 heavy (non-hydrogen) atoms. The van der Waals surface area contributed by atoms with Gasteiger partial charge in [-0.15, -0.1) is 0 Å². The smallest absolute Gasteiger partial charge is 0.272 e. The van der Waals surface area contributed by atoms with Crippen molar-refractivity contribution in [3.63, 3.8) is 0 Å². The third kappa shape index (κ3) is 5.38. The summed E-state index contributed by atoms with van der Waals surface area (Å²) in [4.78, 5) is 23.7. The van der Waals surface area contributed by atoms with E-state index in [2.05, 4.69) is 9.97 Å². The number of carbonyl (C=O) groups excluding carboxylic acids is 1. The molecule has 0 spiro atoms. The number of amides is 1. The maximum absolute atomic E-state index is 13.6. The molecule has 2 heterocycles. The number of rotatable bonds is 7. The maximum Gasteiger partial charge on any atom is 0.272 e.